The molecule has 0 bridgehead atoms. The summed E-state index contributed by atoms with van der Waals surface area (Å²) in [5.41, 5.74) is 3.42. The van der Waals surface area contributed by atoms with Gasteiger partial charge in [-0.15, -0.1) is 0 Å². The van der Waals surface area contributed by atoms with Crippen LogP contribution < -0.4 is 5.32 Å². The molecule has 4 nitrogen and oxygen atoms in total. The predicted molar refractivity (Wildman–Crippen MR) is 88.3 cm³/mol. The van der Waals surface area contributed by atoms with E-state index < -0.39 is 5.82 Å². The monoisotopic (exact) mass is 311 g/mol. The van der Waals surface area contributed by atoms with Gasteiger partial charge < -0.3 is 5.32 Å². The number of anilines is 1. The number of carbonyl (C=O) groups excluding carboxylic acids is 1. The van der Waals surface area contributed by atoms with E-state index in [1.165, 1.54) is 16.7 Å². The lowest BCUT2D eigenvalue weighted by molar-refractivity contribution is 0.102. The highest BCUT2D eigenvalue weighted by Crippen LogP contribution is 2.18. The molecule has 1 N–H and O–H groups in total. The fourth-order valence-corrected chi connectivity index (χ4v) is 2.63. The molecule has 3 aromatic rings. The average Bonchev–Trinajstić information content (AvgIpc) is 2.85. The van der Waals surface area contributed by atoms with E-state index in [9.17, 15) is 9.18 Å². The molecule has 0 fully saturated rings. The van der Waals surface area contributed by atoms with Gasteiger partial charge in [-0.1, -0.05) is 25.5 Å². The van der Waals surface area contributed by atoms with Gasteiger partial charge >= 0.3 is 0 Å². The average molecular weight is 311 g/mol. The van der Waals surface area contributed by atoms with Crippen molar-refractivity contribution in [1.29, 1.82) is 0 Å². The number of nitrogens with zero attached hydrogens (tertiary/aromatic N) is 2. The number of hydrogen-bond acceptors (Lipinski definition) is 2. The summed E-state index contributed by atoms with van der Waals surface area (Å²) in [4.78, 5) is 17.2. The van der Waals surface area contributed by atoms with Gasteiger partial charge in [0, 0.05) is 11.9 Å². The molecule has 2 heterocycles. The number of benzene rings is 1. The Morgan fingerprint density at radius 2 is 2.13 bits per heavy atom. The topological polar surface area (TPSA) is 46.4 Å². The molecule has 1 aromatic carbocycles. The Balaban J connectivity index is 2.04. The van der Waals surface area contributed by atoms with Crippen molar-refractivity contribution < 1.29 is 9.18 Å². The molecule has 0 unspecified atom stereocenters. The maximum absolute atomic E-state index is 13.6. The van der Waals surface area contributed by atoms with Crippen LogP contribution in [0.4, 0.5) is 10.1 Å². The van der Waals surface area contributed by atoms with Crippen molar-refractivity contribution in [1.82, 2.24) is 9.38 Å². The summed E-state index contributed by atoms with van der Waals surface area (Å²) >= 11 is 0. The molecule has 0 aliphatic rings. The standard InChI is InChI=1S/C18H18FN3O/c1-3-5-15-17(22-11-13(19)8-9-16(22)21-15)18(23)20-14-7-4-6-12(2)10-14/h4,6-11H,3,5H2,1-2H3,(H,20,23). The van der Waals surface area contributed by atoms with E-state index in [4.69, 9.17) is 0 Å². The summed E-state index contributed by atoms with van der Waals surface area (Å²) in [6.07, 6.45) is 2.82. The molecule has 2 aromatic heterocycles. The van der Waals surface area contributed by atoms with Gasteiger partial charge in [0.05, 0.1) is 5.69 Å². The van der Waals surface area contributed by atoms with Crippen molar-refractivity contribution in [2.45, 2.75) is 26.7 Å². The van der Waals surface area contributed by atoms with E-state index in [-0.39, 0.29) is 5.91 Å². The molecular formula is C18H18FN3O. The Kier molecular flexibility index (Phi) is 4.10. The Morgan fingerprint density at radius 3 is 2.87 bits per heavy atom. The molecule has 3 rings (SSSR count). The van der Waals surface area contributed by atoms with Gasteiger partial charge in [0.15, 0.2) is 0 Å². The molecular weight excluding hydrogens is 293 g/mol. The van der Waals surface area contributed by atoms with Crippen molar-refractivity contribution in [2.24, 2.45) is 0 Å². The molecule has 0 atom stereocenters. The summed E-state index contributed by atoms with van der Waals surface area (Å²) in [5.74, 6) is -0.681. The zero-order chi connectivity index (χ0) is 16.4. The van der Waals surface area contributed by atoms with Gasteiger partial charge in [-0.25, -0.2) is 9.37 Å². The van der Waals surface area contributed by atoms with Crippen LogP contribution in [-0.2, 0) is 6.42 Å². The van der Waals surface area contributed by atoms with Gasteiger partial charge in [-0.3, -0.25) is 9.20 Å². The fourth-order valence-electron chi connectivity index (χ4n) is 2.63. The van der Waals surface area contributed by atoms with Crippen LogP contribution in [0.3, 0.4) is 0 Å². The number of rotatable bonds is 4. The molecule has 23 heavy (non-hydrogen) atoms. The summed E-state index contributed by atoms with van der Waals surface area (Å²) in [5, 5.41) is 2.87. The molecule has 0 aliphatic heterocycles. The molecule has 0 saturated carbocycles. The number of aryl methyl sites for hydroxylation is 2. The SMILES string of the molecule is CCCc1nc2ccc(F)cn2c1C(=O)Nc1cccc(C)c1. The molecule has 0 saturated heterocycles. The first-order valence-corrected chi connectivity index (χ1v) is 7.63. The number of fused-ring (bicyclic) bond motifs is 1. The lowest BCUT2D eigenvalue weighted by Gasteiger charge is -2.07. The van der Waals surface area contributed by atoms with Gasteiger partial charge in [-0.2, -0.15) is 0 Å². The van der Waals surface area contributed by atoms with Crippen LogP contribution in [0.15, 0.2) is 42.6 Å². The van der Waals surface area contributed by atoms with Crippen LogP contribution in [0.2, 0.25) is 0 Å². The molecule has 1 amide bonds. The third kappa shape index (κ3) is 3.08. The lowest BCUT2D eigenvalue weighted by Crippen LogP contribution is -2.16. The van der Waals surface area contributed by atoms with Gasteiger partial charge in [0.2, 0.25) is 0 Å². The van der Waals surface area contributed by atoms with E-state index in [1.807, 2.05) is 38.1 Å². The highest BCUT2D eigenvalue weighted by molar-refractivity contribution is 6.04. The van der Waals surface area contributed by atoms with Crippen molar-refractivity contribution in [3.63, 3.8) is 0 Å². The third-order valence-corrected chi connectivity index (χ3v) is 3.63. The van der Waals surface area contributed by atoms with Crippen LogP contribution >= 0.6 is 0 Å². The van der Waals surface area contributed by atoms with E-state index >= 15 is 0 Å². The highest BCUT2D eigenvalue weighted by atomic mass is 19.1. The summed E-state index contributed by atoms with van der Waals surface area (Å²) in [6, 6.07) is 10.5. The molecule has 0 spiro atoms. The number of aromatic nitrogens is 2. The van der Waals surface area contributed by atoms with Crippen molar-refractivity contribution in [3.8, 4) is 0 Å². The number of halogens is 1. The first-order chi connectivity index (χ1) is 11.1. The minimum atomic E-state index is -0.400. The number of imidazole rings is 1. The molecule has 0 radical (unpaired) electrons. The summed E-state index contributed by atoms with van der Waals surface area (Å²) in [7, 11) is 0. The number of carbonyl (C=O) groups is 1. The van der Waals surface area contributed by atoms with Gasteiger partial charge in [0.25, 0.3) is 5.91 Å². The van der Waals surface area contributed by atoms with Crippen LogP contribution in [0, 0.1) is 12.7 Å². The molecule has 118 valence electrons. The third-order valence-electron chi connectivity index (χ3n) is 3.63. The van der Waals surface area contributed by atoms with Crippen molar-refractivity contribution >= 4 is 17.2 Å². The Morgan fingerprint density at radius 1 is 1.30 bits per heavy atom. The number of amides is 1. The minimum Gasteiger partial charge on any atom is -0.321 e. The maximum Gasteiger partial charge on any atom is 0.274 e. The van der Waals surface area contributed by atoms with E-state index in [0.29, 0.717) is 29.1 Å². The Hall–Kier alpha value is -2.69. The van der Waals surface area contributed by atoms with Gasteiger partial charge in [-0.05, 0) is 43.2 Å². The predicted octanol–water partition coefficient (Wildman–Crippen LogP) is 3.99. The minimum absolute atomic E-state index is 0.280. The second-order valence-corrected chi connectivity index (χ2v) is 5.56. The van der Waals surface area contributed by atoms with Crippen LogP contribution in [0.25, 0.3) is 5.65 Å². The van der Waals surface area contributed by atoms with Crippen LogP contribution in [-0.4, -0.2) is 15.3 Å². The fraction of sp³-hybridized carbons (Fsp3) is 0.222. The summed E-state index contributed by atoms with van der Waals surface area (Å²) in [6.45, 7) is 3.98. The number of pyridine rings is 1. The quantitative estimate of drug-likeness (QED) is 0.792. The van der Waals surface area contributed by atoms with Gasteiger partial charge in [0.1, 0.15) is 17.2 Å². The van der Waals surface area contributed by atoms with Crippen LogP contribution in [0.1, 0.15) is 35.1 Å². The Labute approximate surface area is 134 Å². The van der Waals surface area contributed by atoms with Crippen molar-refractivity contribution in [2.75, 3.05) is 5.32 Å². The van der Waals surface area contributed by atoms with Crippen molar-refractivity contribution in [3.05, 3.63) is 65.4 Å². The zero-order valence-corrected chi connectivity index (χ0v) is 13.1. The molecule has 5 heteroatoms. The van der Waals surface area contributed by atoms with Crippen LogP contribution in [0.5, 0.6) is 0 Å². The molecule has 0 aliphatic carbocycles. The first kappa shape index (κ1) is 15.2. The second-order valence-electron chi connectivity index (χ2n) is 5.56. The van der Waals surface area contributed by atoms with E-state index in [0.717, 1.165) is 12.0 Å². The highest BCUT2D eigenvalue weighted by Gasteiger charge is 2.19. The lowest BCUT2D eigenvalue weighted by atomic mass is 10.2. The largest absolute Gasteiger partial charge is 0.321 e. The first-order valence-electron chi connectivity index (χ1n) is 7.63. The second kappa shape index (κ2) is 6.20. The zero-order valence-electron chi connectivity index (χ0n) is 13.1. The number of hydrogen-bond donors (Lipinski definition) is 1. The van der Waals surface area contributed by atoms with E-state index in [1.54, 1.807) is 6.07 Å². The summed E-state index contributed by atoms with van der Waals surface area (Å²) < 4.78 is 15.1. The number of nitrogens with one attached hydrogen (secondary N) is 1. The smallest absolute Gasteiger partial charge is 0.274 e. The maximum atomic E-state index is 13.6. The normalized spacial score (nSPS) is 10.9. The Bertz CT molecular complexity index is 870. The van der Waals surface area contributed by atoms with E-state index in [2.05, 4.69) is 10.3 Å².